The van der Waals surface area contributed by atoms with Crippen molar-refractivity contribution in [2.24, 2.45) is 0 Å². The van der Waals surface area contributed by atoms with E-state index in [-0.39, 0.29) is 0 Å². The summed E-state index contributed by atoms with van der Waals surface area (Å²) in [6, 6.07) is 17.7. The number of benzene rings is 2. The van der Waals surface area contributed by atoms with Crippen LogP contribution in [0.3, 0.4) is 0 Å². The summed E-state index contributed by atoms with van der Waals surface area (Å²) in [6.07, 6.45) is 6.50. The lowest BCUT2D eigenvalue weighted by Gasteiger charge is -2.36. The van der Waals surface area contributed by atoms with Crippen LogP contribution in [0.1, 0.15) is 44.7 Å². The van der Waals surface area contributed by atoms with E-state index in [1.807, 2.05) is 18.5 Å². The number of fused-ring (bicyclic) bond motifs is 2. The van der Waals surface area contributed by atoms with E-state index in [1.165, 1.54) is 42.5 Å². The van der Waals surface area contributed by atoms with Gasteiger partial charge in [-0.25, -0.2) is 4.98 Å². The zero-order valence-electron chi connectivity index (χ0n) is 17.4. The summed E-state index contributed by atoms with van der Waals surface area (Å²) < 4.78 is 6.89. The Morgan fingerprint density at radius 1 is 1.00 bits per heavy atom. The molecular formula is C25H27N3OS. The van der Waals surface area contributed by atoms with Crippen molar-refractivity contribution in [2.45, 2.75) is 51.6 Å². The number of aromatic nitrogens is 2. The number of pyridine rings is 1. The second-order valence-corrected chi connectivity index (χ2v) is 8.90. The molecule has 154 valence electrons. The normalized spacial score (nSPS) is 15.0. The molecule has 0 unspecified atom stereocenters. The second kappa shape index (κ2) is 8.60. The number of ether oxygens (including phenoxy) is 1. The lowest BCUT2D eigenvalue weighted by atomic mass is 9.93. The molecule has 0 atom stereocenters. The number of anilines is 1. The van der Waals surface area contributed by atoms with Crippen LogP contribution in [-0.4, -0.2) is 22.6 Å². The summed E-state index contributed by atoms with van der Waals surface area (Å²) in [6.45, 7) is 3.52. The highest BCUT2D eigenvalue weighted by Gasteiger charge is 2.22. The van der Waals surface area contributed by atoms with Gasteiger partial charge < -0.3 is 9.64 Å². The van der Waals surface area contributed by atoms with Crippen molar-refractivity contribution in [1.82, 2.24) is 9.97 Å². The van der Waals surface area contributed by atoms with Crippen LogP contribution in [0.5, 0.6) is 5.75 Å². The Hall–Kier alpha value is -2.66. The van der Waals surface area contributed by atoms with Gasteiger partial charge in [-0.1, -0.05) is 25.3 Å². The molecule has 2 aromatic heterocycles. The molecule has 0 N–H and O–H groups in total. The first-order valence-corrected chi connectivity index (χ1v) is 11.8. The lowest BCUT2D eigenvalue weighted by Crippen LogP contribution is -2.36. The molecule has 0 spiro atoms. The van der Waals surface area contributed by atoms with E-state index in [2.05, 4.69) is 52.3 Å². The second-order valence-electron chi connectivity index (χ2n) is 8.01. The highest BCUT2D eigenvalue weighted by molar-refractivity contribution is 7.16. The average Bonchev–Trinajstić information content (AvgIpc) is 3.26. The summed E-state index contributed by atoms with van der Waals surface area (Å²) >= 11 is 1.71. The van der Waals surface area contributed by atoms with E-state index in [0.29, 0.717) is 12.6 Å². The van der Waals surface area contributed by atoms with Crippen LogP contribution < -0.4 is 9.64 Å². The van der Waals surface area contributed by atoms with Crippen LogP contribution in [0, 0.1) is 0 Å². The van der Waals surface area contributed by atoms with E-state index in [9.17, 15) is 0 Å². The number of thiazole rings is 1. The van der Waals surface area contributed by atoms with Crippen molar-refractivity contribution in [3.05, 3.63) is 59.7 Å². The zero-order chi connectivity index (χ0) is 20.3. The molecule has 0 saturated heterocycles. The van der Waals surface area contributed by atoms with Crippen LogP contribution in [0.15, 0.2) is 54.0 Å². The van der Waals surface area contributed by atoms with Crippen LogP contribution in [-0.2, 0) is 6.54 Å². The highest BCUT2D eigenvalue weighted by Crippen LogP contribution is 2.32. The summed E-state index contributed by atoms with van der Waals surface area (Å²) in [5, 5.41) is 1.12. The minimum absolute atomic E-state index is 0.571. The van der Waals surface area contributed by atoms with Gasteiger partial charge in [0.2, 0.25) is 0 Å². The van der Waals surface area contributed by atoms with Crippen LogP contribution in [0.4, 0.5) is 5.69 Å². The summed E-state index contributed by atoms with van der Waals surface area (Å²) in [5.74, 6) is 0.904. The van der Waals surface area contributed by atoms with Gasteiger partial charge in [-0.2, -0.15) is 0 Å². The van der Waals surface area contributed by atoms with Crippen molar-refractivity contribution < 1.29 is 4.74 Å². The van der Waals surface area contributed by atoms with Gasteiger partial charge in [-0.05, 0) is 62.2 Å². The Morgan fingerprint density at radius 2 is 1.87 bits per heavy atom. The lowest BCUT2D eigenvalue weighted by molar-refractivity contribution is 0.340. The first-order valence-electron chi connectivity index (χ1n) is 10.9. The molecule has 0 aliphatic heterocycles. The minimum atomic E-state index is 0.571. The minimum Gasteiger partial charge on any atom is -0.494 e. The molecule has 2 heterocycles. The van der Waals surface area contributed by atoms with E-state index in [4.69, 9.17) is 9.72 Å². The third kappa shape index (κ3) is 3.99. The molecule has 4 nitrogen and oxygen atoms in total. The van der Waals surface area contributed by atoms with Gasteiger partial charge in [0, 0.05) is 17.1 Å². The van der Waals surface area contributed by atoms with Gasteiger partial charge in [0.1, 0.15) is 5.75 Å². The van der Waals surface area contributed by atoms with Gasteiger partial charge in [0.25, 0.3) is 0 Å². The topological polar surface area (TPSA) is 38.2 Å². The predicted molar refractivity (Wildman–Crippen MR) is 126 cm³/mol. The third-order valence-corrected chi connectivity index (χ3v) is 6.82. The van der Waals surface area contributed by atoms with E-state index < -0.39 is 0 Å². The van der Waals surface area contributed by atoms with E-state index in [1.54, 1.807) is 11.3 Å². The van der Waals surface area contributed by atoms with Gasteiger partial charge in [0.05, 0.1) is 40.1 Å². The number of nitrogens with zero attached hydrogens (tertiary/aromatic N) is 3. The first-order chi connectivity index (χ1) is 14.8. The predicted octanol–water partition coefficient (Wildman–Crippen LogP) is 6.58. The van der Waals surface area contributed by atoms with E-state index in [0.717, 1.165) is 34.4 Å². The Kier molecular flexibility index (Phi) is 5.54. The van der Waals surface area contributed by atoms with Crippen LogP contribution in [0.25, 0.3) is 21.1 Å². The number of hydrogen-bond acceptors (Lipinski definition) is 5. The molecule has 1 aliphatic rings. The van der Waals surface area contributed by atoms with Crippen LogP contribution >= 0.6 is 11.3 Å². The number of rotatable bonds is 6. The zero-order valence-corrected chi connectivity index (χ0v) is 18.2. The van der Waals surface area contributed by atoms with Crippen molar-refractivity contribution in [3.8, 4) is 5.75 Å². The largest absolute Gasteiger partial charge is 0.494 e. The fourth-order valence-electron chi connectivity index (χ4n) is 4.51. The molecule has 4 aromatic rings. The third-order valence-electron chi connectivity index (χ3n) is 6.02. The van der Waals surface area contributed by atoms with Gasteiger partial charge in [-0.15, -0.1) is 11.3 Å². The molecular weight excluding hydrogens is 390 g/mol. The molecule has 5 rings (SSSR count). The Bertz CT molecular complexity index is 1150. The molecule has 2 aromatic carbocycles. The molecule has 1 saturated carbocycles. The van der Waals surface area contributed by atoms with Gasteiger partial charge in [-0.3, -0.25) is 4.98 Å². The SMILES string of the molecule is CCOc1ccc2nc(CN(c3ccc4ncsc4c3)C3CCCCC3)ccc2c1. The van der Waals surface area contributed by atoms with Crippen molar-refractivity contribution in [2.75, 3.05) is 11.5 Å². The maximum absolute atomic E-state index is 5.63. The quantitative estimate of drug-likeness (QED) is 0.355. The molecule has 1 aliphatic carbocycles. The maximum Gasteiger partial charge on any atom is 0.120 e. The van der Waals surface area contributed by atoms with Crippen molar-refractivity contribution in [1.29, 1.82) is 0 Å². The molecule has 1 fully saturated rings. The summed E-state index contributed by atoms with van der Waals surface area (Å²) in [7, 11) is 0. The Morgan fingerprint density at radius 3 is 2.73 bits per heavy atom. The Labute approximate surface area is 181 Å². The van der Waals surface area contributed by atoms with Crippen molar-refractivity contribution >= 4 is 38.1 Å². The molecule has 0 bridgehead atoms. The van der Waals surface area contributed by atoms with E-state index >= 15 is 0 Å². The molecule has 5 heteroatoms. The molecule has 0 amide bonds. The monoisotopic (exact) mass is 417 g/mol. The average molecular weight is 418 g/mol. The highest BCUT2D eigenvalue weighted by atomic mass is 32.1. The maximum atomic E-state index is 5.63. The van der Waals surface area contributed by atoms with Gasteiger partial charge >= 0.3 is 0 Å². The van der Waals surface area contributed by atoms with Gasteiger partial charge in [0.15, 0.2) is 0 Å². The first kappa shape index (κ1) is 19.3. The van der Waals surface area contributed by atoms with Crippen molar-refractivity contribution in [3.63, 3.8) is 0 Å². The summed E-state index contributed by atoms with van der Waals surface area (Å²) in [5.41, 5.74) is 6.44. The molecule has 0 radical (unpaired) electrons. The van der Waals surface area contributed by atoms with Crippen LogP contribution in [0.2, 0.25) is 0 Å². The number of hydrogen-bond donors (Lipinski definition) is 0. The fraction of sp³-hybridized carbons (Fsp3) is 0.360. The Balaban J connectivity index is 1.47. The smallest absolute Gasteiger partial charge is 0.120 e. The molecule has 30 heavy (non-hydrogen) atoms. The standard InChI is InChI=1S/C25H27N3OS/c1-2-29-22-11-13-23-18(14-22)8-9-19(27-23)16-28(20-6-4-3-5-7-20)21-10-12-24-25(15-21)30-17-26-24/h8-15,17,20H,2-7,16H2,1H3. The summed E-state index contributed by atoms with van der Waals surface area (Å²) in [4.78, 5) is 12.0. The fourth-order valence-corrected chi connectivity index (χ4v) is 5.22.